The molecule has 1 fully saturated rings. The van der Waals surface area contributed by atoms with Gasteiger partial charge in [0.1, 0.15) is 0 Å². The molecule has 0 aromatic heterocycles. The number of rotatable bonds is 4. The van der Waals surface area contributed by atoms with Gasteiger partial charge in [-0.3, -0.25) is 4.79 Å². The van der Waals surface area contributed by atoms with E-state index in [0.717, 1.165) is 32.1 Å². The van der Waals surface area contributed by atoms with Crippen molar-refractivity contribution in [2.75, 3.05) is 7.05 Å². The molecule has 16 heavy (non-hydrogen) atoms. The van der Waals surface area contributed by atoms with Gasteiger partial charge in [-0.25, -0.2) is 0 Å². The van der Waals surface area contributed by atoms with Crippen molar-refractivity contribution in [1.29, 1.82) is 0 Å². The van der Waals surface area contributed by atoms with Crippen LogP contribution in [0.1, 0.15) is 52.4 Å². The maximum absolute atomic E-state index is 11.9. The van der Waals surface area contributed by atoms with E-state index in [1.54, 1.807) is 0 Å². The molecule has 1 saturated carbocycles. The van der Waals surface area contributed by atoms with Crippen molar-refractivity contribution in [3.8, 4) is 0 Å². The minimum absolute atomic E-state index is 0.143. The summed E-state index contributed by atoms with van der Waals surface area (Å²) in [5.41, 5.74) is 0. The fourth-order valence-corrected chi connectivity index (χ4v) is 2.24. The Balaban J connectivity index is 2.32. The van der Waals surface area contributed by atoms with Gasteiger partial charge in [0.05, 0.1) is 6.10 Å². The summed E-state index contributed by atoms with van der Waals surface area (Å²) < 4.78 is 0. The van der Waals surface area contributed by atoms with Crippen molar-refractivity contribution in [2.45, 2.75) is 64.5 Å². The number of amides is 1. The smallest absolute Gasteiger partial charge is 0.222 e. The molecule has 0 unspecified atom stereocenters. The molecule has 3 heteroatoms. The number of nitrogens with zero attached hydrogens (tertiary/aromatic N) is 1. The lowest BCUT2D eigenvalue weighted by molar-refractivity contribution is -0.133. The van der Waals surface area contributed by atoms with Crippen LogP contribution in [0.15, 0.2) is 0 Å². The van der Waals surface area contributed by atoms with Crippen LogP contribution in [-0.2, 0) is 4.79 Å². The summed E-state index contributed by atoms with van der Waals surface area (Å²) in [6.45, 7) is 4.29. The third-order valence-corrected chi connectivity index (χ3v) is 3.54. The molecular formula is C13H25NO2. The topological polar surface area (TPSA) is 40.5 Å². The monoisotopic (exact) mass is 227 g/mol. The average molecular weight is 227 g/mol. The Hall–Kier alpha value is -0.570. The Morgan fingerprint density at radius 1 is 1.31 bits per heavy atom. The molecule has 0 radical (unpaired) electrons. The molecule has 94 valence electrons. The number of hydrogen-bond acceptors (Lipinski definition) is 2. The van der Waals surface area contributed by atoms with Gasteiger partial charge in [0.25, 0.3) is 0 Å². The van der Waals surface area contributed by atoms with Gasteiger partial charge in [-0.15, -0.1) is 0 Å². The first-order valence-corrected chi connectivity index (χ1v) is 6.44. The normalized spacial score (nSPS) is 25.8. The van der Waals surface area contributed by atoms with E-state index in [9.17, 15) is 9.90 Å². The van der Waals surface area contributed by atoms with Crippen molar-refractivity contribution in [1.82, 2.24) is 4.90 Å². The number of aliphatic hydroxyl groups is 1. The first-order chi connectivity index (χ1) is 7.50. The first kappa shape index (κ1) is 13.5. The van der Waals surface area contributed by atoms with E-state index in [2.05, 4.69) is 13.8 Å². The number of carbonyl (C=O) groups excluding carboxylic acids is 1. The molecule has 3 nitrogen and oxygen atoms in total. The van der Waals surface area contributed by atoms with Crippen molar-refractivity contribution in [3.05, 3.63) is 0 Å². The Kier molecular flexibility index (Phi) is 5.26. The van der Waals surface area contributed by atoms with E-state index >= 15 is 0 Å². The number of hydrogen-bond donors (Lipinski definition) is 1. The molecule has 0 aromatic rings. The molecule has 1 rings (SSSR count). The van der Waals surface area contributed by atoms with E-state index in [1.165, 1.54) is 0 Å². The van der Waals surface area contributed by atoms with Gasteiger partial charge in [0, 0.05) is 19.5 Å². The molecule has 0 heterocycles. The summed E-state index contributed by atoms with van der Waals surface area (Å²) in [5, 5.41) is 9.42. The average Bonchev–Trinajstić information content (AvgIpc) is 2.26. The molecule has 1 amide bonds. The van der Waals surface area contributed by atoms with Crippen LogP contribution in [0.4, 0.5) is 0 Å². The van der Waals surface area contributed by atoms with Crippen LogP contribution in [0.3, 0.4) is 0 Å². The highest BCUT2D eigenvalue weighted by atomic mass is 16.3. The fraction of sp³-hybridized carbons (Fsp3) is 0.923. The van der Waals surface area contributed by atoms with Crippen molar-refractivity contribution in [3.63, 3.8) is 0 Å². The molecule has 1 aliphatic rings. The standard InChI is InChI=1S/C13H25NO2/c1-10(2)4-9-13(16)14(3)11-5-7-12(15)8-6-11/h10-12,15H,4-9H2,1-3H3. The zero-order chi connectivity index (χ0) is 12.1. The van der Waals surface area contributed by atoms with E-state index in [1.807, 2.05) is 11.9 Å². The summed E-state index contributed by atoms with van der Waals surface area (Å²) in [4.78, 5) is 13.8. The van der Waals surface area contributed by atoms with Crippen LogP contribution < -0.4 is 0 Å². The van der Waals surface area contributed by atoms with Gasteiger partial charge in [-0.05, 0) is 38.0 Å². The Bertz CT molecular complexity index is 220. The van der Waals surface area contributed by atoms with Gasteiger partial charge in [0.2, 0.25) is 5.91 Å². The van der Waals surface area contributed by atoms with Gasteiger partial charge in [-0.1, -0.05) is 13.8 Å². The Labute approximate surface area is 98.8 Å². The molecule has 1 N–H and O–H groups in total. The quantitative estimate of drug-likeness (QED) is 0.799. The highest BCUT2D eigenvalue weighted by Crippen LogP contribution is 2.23. The van der Waals surface area contributed by atoms with Crippen molar-refractivity contribution >= 4 is 5.91 Å². The summed E-state index contributed by atoms with van der Waals surface area (Å²) in [6, 6.07) is 0.350. The highest BCUT2D eigenvalue weighted by molar-refractivity contribution is 5.76. The van der Waals surface area contributed by atoms with Gasteiger partial charge >= 0.3 is 0 Å². The minimum atomic E-state index is -0.143. The summed E-state index contributed by atoms with van der Waals surface area (Å²) in [6.07, 6.45) is 5.07. The maximum atomic E-state index is 11.9. The fourth-order valence-electron chi connectivity index (χ4n) is 2.24. The predicted molar refractivity (Wildman–Crippen MR) is 65.1 cm³/mol. The lowest BCUT2D eigenvalue weighted by Gasteiger charge is -2.33. The Morgan fingerprint density at radius 3 is 2.38 bits per heavy atom. The summed E-state index contributed by atoms with van der Waals surface area (Å²) in [7, 11) is 1.91. The second-order valence-electron chi connectivity index (χ2n) is 5.40. The van der Waals surface area contributed by atoms with Crippen LogP contribution >= 0.6 is 0 Å². The predicted octanol–water partition coefficient (Wildman–Crippen LogP) is 2.18. The number of carbonyl (C=O) groups is 1. The van der Waals surface area contributed by atoms with E-state index in [0.29, 0.717) is 18.4 Å². The van der Waals surface area contributed by atoms with Crippen LogP contribution in [0.2, 0.25) is 0 Å². The molecule has 0 atom stereocenters. The van der Waals surface area contributed by atoms with Gasteiger partial charge < -0.3 is 10.0 Å². The molecular weight excluding hydrogens is 202 g/mol. The molecule has 0 aromatic carbocycles. The van der Waals surface area contributed by atoms with Crippen LogP contribution in [0, 0.1) is 5.92 Å². The van der Waals surface area contributed by atoms with Crippen LogP contribution in [0.25, 0.3) is 0 Å². The van der Waals surface area contributed by atoms with Crippen LogP contribution in [-0.4, -0.2) is 35.1 Å². The second kappa shape index (κ2) is 6.24. The lowest BCUT2D eigenvalue weighted by atomic mass is 9.92. The highest BCUT2D eigenvalue weighted by Gasteiger charge is 2.25. The molecule has 1 aliphatic carbocycles. The van der Waals surface area contributed by atoms with Crippen molar-refractivity contribution < 1.29 is 9.90 Å². The zero-order valence-electron chi connectivity index (χ0n) is 10.8. The van der Waals surface area contributed by atoms with Gasteiger partial charge in [0.15, 0.2) is 0 Å². The first-order valence-electron chi connectivity index (χ1n) is 6.44. The SMILES string of the molecule is CC(C)CCC(=O)N(C)C1CCC(O)CC1. The van der Waals surface area contributed by atoms with Gasteiger partial charge in [-0.2, -0.15) is 0 Å². The van der Waals surface area contributed by atoms with E-state index in [-0.39, 0.29) is 12.0 Å². The second-order valence-corrected chi connectivity index (χ2v) is 5.40. The largest absolute Gasteiger partial charge is 0.393 e. The summed E-state index contributed by atoms with van der Waals surface area (Å²) >= 11 is 0. The number of aliphatic hydroxyl groups excluding tert-OH is 1. The minimum Gasteiger partial charge on any atom is -0.393 e. The zero-order valence-corrected chi connectivity index (χ0v) is 10.8. The Morgan fingerprint density at radius 2 is 1.88 bits per heavy atom. The maximum Gasteiger partial charge on any atom is 0.222 e. The third-order valence-electron chi connectivity index (χ3n) is 3.54. The lowest BCUT2D eigenvalue weighted by Crippen LogP contribution is -2.40. The van der Waals surface area contributed by atoms with Crippen molar-refractivity contribution in [2.24, 2.45) is 5.92 Å². The van der Waals surface area contributed by atoms with Crippen LogP contribution in [0.5, 0.6) is 0 Å². The molecule has 0 spiro atoms. The van der Waals surface area contributed by atoms with E-state index in [4.69, 9.17) is 0 Å². The summed E-state index contributed by atoms with van der Waals surface area (Å²) in [5.74, 6) is 0.848. The third kappa shape index (κ3) is 4.12. The molecule has 0 aliphatic heterocycles. The molecule has 0 bridgehead atoms. The van der Waals surface area contributed by atoms with E-state index < -0.39 is 0 Å². The molecule has 0 saturated heterocycles.